The molecule has 82 valence electrons. The number of nitrogens with zero attached hydrogens (tertiary/aromatic N) is 1. The zero-order chi connectivity index (χ0) is 10.1. The van der Waals surface area contributed by atoms with Crippen LogP contribution < -0.4 is 5.32 Å². The van der Waals surface area contributed by atoms with E-state index in [9.17, 15) is 0 Å². The van der Waals surface area contributed by atoms with E-state index in [1.54, 1.807) is 0 Å². The van der Waals surface area contributed by atoms with E-state index in [0.29, 0.717) is 0 Å². The molecule has 0 amide bonds. The summed E-state index contributed by atoms with van der Waals surface area (Å²) in [5, 5.41) is 3.33. The lowest BCUT2D eigenvalue weighted by atomic mass is 9.90. The van der Waals surface area contributed by atoms with Crippen LogP contribution in [0.25, 0.3) is 0 Å². The Morgan fingerprint density at radius 1 is 1.21 bits per heavy atom. The van der Waals surface area contributed by atoms with Gasteiger partial charge in [-0.25, -0.2) is 0 Å². The molecule has 2 fully saturated rings. The molecule has 2 aliphatic heterocycles. The van der Waals surface area contributed by atoms with Gasteiger partial charge in [-0.3, -0.25) is 4.90 Å². The third-order valence-corrected chi connectivity index (χ3v) is 3.98. The van der Waals surface area contributed by atoms with Crippen molar-refractivity contribution in [3.63, 3.8) is 0 Å². The zero-order valence-corrected chi connectivity index (χ0v) is 9.79. The number of fused-ring (bicyclic) bond motifs is 2. The second-order valence-corrected chi connectivity index (χ2v) is 5.32. The molecule has 0 aromatic carbocycles. The molecular weight excluding hydrogens is 172 g/mol. The van der Waals surface area contributed by atoms with Gasteiger partial charge in [-0.2, -0.15) is 0 Å². The van der Waals surface area contributed by atoms with Crippen LogP contribution in [-0.2, 0) is 0 Å². The van der Waals surface area contributed by atoms with Crippen molar-refractivity contribution in [3.8, 4) is 0 Å². The van der Waals surface area contributed by atoms with Crippen molar-refractivity contribution in [2.24, 2.45) is 5.92 Å². The lowest BCUT2D eigenvalue weighted by Crippen LogP contribution is -2.48. The highest BCUT2D eigenvalue weighted by Crippen LogP contribution is 2.39. The first-order valence-corrected chi connectivity index (χ1v) is 6.14. The Morgan fingerprint density at radius 2 is 1.79 bits per heavy atom. The van der Waals surface area contributed by atoms with Gasteiger partial charge in [-0.05, 0) is 59.0 Å². The molecule has 2 rings (SSSR count). The van der Waals surface area contributed by atoms with Gasteiger partial charge in [0, 0.05) is 18.1 Å². The molecule has 0 saturated carbocycles. The van der Waals surface area contributed by atoms with E-state index in [4.69, 9.17) is 0 Å². The molecule has 2 bridgehead atoms. The molecule has 2 atom stereocenters. The molecule has 2 aliphatic rings. The van der Waals surface area contributed by atoms with E-state index in [-0.39, 0.29) is 0 Å². The topological polar surface area (TPSA) is 15.3 Å². The number of rotatable bonds is 3. The van der Waals surface area contributed by atoms with Crippen LogP contribution in [-0.4, -0.2) is 36.6 Å². The van der Waals surface area contributed by atoms with E-state index in [0.717, 1.165) is 24.0 Å². The van der Waals surface area contributed by atoms with Gasteiger partial charge in [-0.1, -0.05) is 0 Å². The van der Waals surface area contributed by atoms with E-state index < -0.39 is 0 Å². The summed E-state index contributed by atoms with van der Waals surface area (Å²) >= 11 is 0. The second kappa shape index (κ2) is 4.19. The Kier molecular flexibility index (Phi) is 3.13. The summed E-state index contributed by atoms with van der Waals surface area (Å²) in [7, 11) is 2.08. The summed E-state index contributed by atoms with van der Waals surface area (Å²) in [6.45, 7) is 5.92. The van der Waals surface area contributed by atoms with Gasteiger partial charge in [0.1, 0.15) is 0 Å². The van der Waals surface area contributed by atoms with Crippen LogP contribution in [0.3, 0.4) is 0 Å². The fourth-order valence-corrected chi connectivity index (χ4v) is 3.62. The average molecular weight is 196 g/mol. The molecule has 2 heterocycles. The second-order valence-electron chi connectivity index (χ2n) is 5.32. The van der Waals surface area contributed by atoms with Gasteiger partial charge in [-0.15, -0.1) is 0 Å². The van der Waals surface area contributed by atoms with E-state index in [1.807, 2.05) is 0 Å². The van der Waals surface area contributed by atoms with Crippen molar-refractivity contribution in [3.05, 3.63) is 0 Å². The summed E-state index contributed by atoms with van der Waals surface area (Å²) in [4.78, 5) is 2.77. The maximum atomic E-state index is 3.33. The van der Waals surface area contributed by atoms with E-state index in [2.05, 4.69) is 31.1 Å². The summed E-state index contributed by atoms with van der Waals surface area (Å²) in [6.07, 6.45) is 5.75. The molecular formula is C12H24N2. The smallest absolute Gasteiger partial charge is 0.0105 e. The molecule has 2 heteroatoms. The molecule has 14 heavy (non-hydrogen) atoms. The molecule has 2 nitrogen and oxygen atoms in total. The normalized spacial score (nSPS) is 38.1. The van der Waals surface area contributed by atoms with E-state index >= 15 is 0 Å². The third kappa shape index (κ3) is 1.82. The Labute approximate surface area is 88.1 Å². The van der Waals surface area contributed by atoms with Crippen molar-refractivity contribution >= 4 is 0 Å². The van der Waals surface area contributed by atoms with Gasteiger partial charge in [0.05, 0.1) is 0 Å². The Morgan fingerprint density at radius 3 is 2.21 bits per heavy atom. The van der Waals surface area contributed by atoms with Crippen LogP contribution in [0.5, 0.6) is 0 Å². The monoisotopic (exact) mass is 196 g/mol. The maximum absolute atomic E-state index is 3.33. The fourth-order valence-electron chi connectivity index (χ4n) is 3.62. The lowest BCUT2D eigenvalue weighted by Gasteiger charge is -2.41. The molecule has 1 N–H and O–H groups in total. The van der Waals surface area contributed by atoms with Crippen LogP contribution in [0.15, 0.2) is 0 Å². The van der Waals surface area contributed by atoms with E-state index in [1.165, 1.54) is 32.2 Å². The van der Waals surface area contributed by atoms with Crippen LogP contribution in [0.4, 0.5) is 0 Å². The highest BCUT2D eigenvalue weighted by atomic mass is 15.2. The first-order valence-electron chi connectivity index (χ1n) is 6.14. The Bertz CT molecular complexity index is 177. The largest absolute Gasteiger partial charge is 0.319 e. The highest BCUT2D eigenvalue weighted by Gasteiger charge is 2.41. The number of nitrogens with one attached hydrogen (secondary N) is 1. The summed E-state index contributed by atoms with van der Waals surface area (Å²) < 4.78 is 0. The quantitative estimate of drug-likeness (QED) is 0.741. The first-order chi connectivity index (χ1) is 6.72. The van der Waals surface area contributed by atoms with Crippen molar-refractivity contribution < 1.29 is 0 Å². The van der Waals surface area contributed by atoms with Crippen molar-refractivity contribution in [2.75, 3.05) is 13.6 Å². The van der Waals surface area contributed by atoms with Crippen molar-refractivity contribution in [2.45, 2.75) is 57.7 Å². The van der Waals surface area contributed by atoms with Crippen LogP contribution in [0.2, 0.25) is 0 Å². The molecule has 2 unspecified atom stereocenters. The minimum Gasteiger partial charge on any atom is -0.319 e. The molecule has 0 aromatic heterocycles. The predicted molar refractivity (Wildman–Crippen MR) is 60.4 cm³/mol. The minimum absolute atomic E-state index is 0.753. The van der Waals surface area contributed by atoms with Crippen molar-refractivity contribution in [1.29, 1.82) is 0 Å². The van der Waals surface area contributed by atoms with Gasteiger partial charge >= 0.3 is 0 Å². The van der Waals surface area contributed by atoms with Gasteiger partial charge in [0.25, 0.3) is 0 Å². The number of piperidine rings is 1. The predicted octanol–water partition coefficient (Wildman–Crippen LogP) is 1.86. The van der Waals surface area contributed by atoms with Gasteiger partial charge in [0.15, 0.2) is 0 Å². The Hall–Kier alpha value is -0.0800. The third-order valence-electron chi connectivity index (χ3n) is 3.98. The van der Waals surface area contributed by atoms with Gasteiger partial charge < -0.3 is 5.32 Å². The van der Waals surface area contributed by atoms with Crippen LogP contribution in [0, 0.1) is 5.92 Å². The number of hydrogen-bond donors (Lipinski definition) is 1. The highest BCUT2D eigenvalue weighted by molar-refractivity contribution is 4.96. The molecule has 2 saturated heterocycles. The van der Waals surface area contributed by atoms with Crippen molar-refractivity contribution in [1.82, 2.24) is 10.2 Å². The minimum atomic E-state index is 0.753. The molecule has 0 aromatic rings. The first kappa shape index (κ1) is 10.4. The molecule has 0 radical (unpaired) electrons. The molecule has 0 aliphatic carbocycles. The fraction of sp³-hybridized carbons (Fsp3) is 1.00. The van der Waals surface area contributed by atoms with Gasteiger partial charge in [0.2, 0.25) is 0 Å². The zero-order valence-electron chi connectivity index (χ0n) is 9.79. The summed E-state index contributed by atoms with van der Waals surface area (Å²) in [6, 6.07) is 2.54. The maximum Gasteiger partial charge on any atom is 0.0105 e. The Balaban J connectivity index is 1.97. The average Bonchev–Trinajstić information content (AvgIpc) is 2.39. The summed E-state index contributed by atoms with van der Waals surface area (Å²) in [5.74, 6) is 0.937. The molecule has 0 spiro atoms. The SMILES string of the molecule is CNCC1CC2CCC(C1)N2C(C)C. The summed E-state index contributed by atoms with van der Waals surface area (Å²) in [5.41, 5.74) is 0. The van der Waals surface area contributed by atoms with Crippen LogP contribution >= 0.6 is 0 Å². The number of hydrogen-bond acceptors (Lipinski definition) is 2. The lowest BCUT2D eigenvalue weighted by molar-refractivity contribution is 0.0738. The van der Waals surface area contributed by atoms with Crippen LogP contribution in [0.1, 0.15) is 39.5 Å². The standard InChI is InChI=1S/C12H24N2/c1-9(2)14-11-4-5-12(14)7-10(6-11)8-13-3/h9-13H,4-8H2,1-3H3.